The van der Waals surface area contributed by atoms with Crippen LogP contribution in [0.4, 0.5) is 0 Å². The lowest BCUT2D eigenvalue weighted by molar-refractivity contribution is -0.340. The van der Waals surface area contributed by atoms with E-state index >= 15 is 0 Å². The standard InChI is InChI=1S/C26H48O12/c1-2-3-4-5-6-7-8-9-10-11-12-13-16(28)37-24-21(33)19(31)20(32)22(34)25(24)38-26-23(35)18(30)17(29)15(14-27)36-26/h15,17-27,29-35H,2-14H2,1H3/t15-,17+,18+,19+,20+,21-,22+,23-,24-,25-,26+/m1/s1. The number of esters is 1. The minimum absolute atomic E-state index is 0.0295. The molecule has 38 heavy (non-hydrogen) atoms. The summed E-state index contributed by atoms with van der Waals surface area (Å²) in [5.41, 5.74) is 0. The third-order valence-corrected chi connectivity index (χ3v) is 7.44. The second-order valence-corrected chi connectivity index (χ2v) is 10.5. The highest BCUT2D eigenvalue weighted by Crippen LogP contribution is 2.31. The fraction of sp³-hybridized carbons (Fsp3) is 0.962. The smallest absolute Gasteiger partial charge is 0.306 e. The van der Waals surface area contributed by atoms with Gasteiger partial charge in [0.2, 0.25) is 0 Å². The SMILES string of the molecule is CCCCCCCCCCCCCC(=O)O[C@@H]1[C@H](O)[C@@H](O)[C@H](O)[C@H](O)[C@H]1O[C@@H]1O[C@H](CO)[C@H](O)[C@H](O)[C@H]1O. The van der Waals surface area contributed by atoms with Crippen molar-refractivity contribution in [1.29, 1.82) is 0 Å². The molecule has 1 aliphatic carbocycles. The molecule has 12 nitrogen and oxygen atoms in total. The number of carbonyl (C=O) groups is 1. The van der Waals surface area contributed by atoms with E-state index in [1.165, 1.54) is 38.5 Å². The summed E-state index contributed by atoms with van der Waals surface area (Å²) in [6.07, 6.45) is -6.84. The van der Waals surface area contributed by atoms with Gasteiger partial charge >= 0.3 is 5.97 Å². The van der Waals surface area contributed by atoms with Gasteiger partial charge in [-0.2, -0.15) is 0 Å². The number of hydrogen-bond donors (Lipinski definition) is 8. The van der Waals surface area contributed by atoms with Gasteiger partial charge in [-0.1, -0.05) is 71.1 Å². The van der Waals surface area contributed by atoms with Crippen molar-refractivity contribution < 1.29 is 59.9 Å². The molecule has 0 unspecified atom stereocenters. The first-order valence-electron chi connectivity index (χ1n) is 14.0. The number of aliphatic hydroxyl groups excluding tert-OH is 8. The molecule has 0 aromatic heterocycles. The van der Waals surface area contributed by atoms with Crippen LogP contribution in [0, 0.1) is 0 Å². The van der Waals surface area contributed by atoms with E-state index in [0.29, 0.717) is 6.42 Å². The van der Waals surface area contributed by atoms with E-state index in [9.17, 15) is 45.6 Å². The second kappa shape index (κ2) is 17.0. The first-order chi connectivity index (χ1) is 18.1. The maximum absolute atomic E-state index is 12.5. The lowest BCUT2D eigenvalue weighted by Gasteiger charge is -2.46. The summed E-state index contributed by atoms with van der Waals surface area (Å²) in [5, 5.41) is 80.8. The normalized spacial score (nSPS) is 37.8. The zero-order valence-electron chi connectivity index (χ0n) is 22.3. The molecule has 0 radical (unpaired) electrons. The molecule has 8 N–H and O–H groups in total. The molecule has 12 heteroatoms. The Kier molecular flexibility index (Phi) is 14.9. The molecule has 0 amide bonds. The van der Waals surface area contributed by atoms with Crippen molar-refractivity contribution in [3.8, 4) is 0 Å². The minimum atomic E-state index is -1.87. The molecule has 0 bridgehead atoms. The summed E-state index contributed by atoms with van der Waals surface area (Å²) in [5.74, 6) is -0.705. The topological polar surface area (TPSA) is 207 Å². The second-order valence-electron chi connectivity index (χ2n) is 10.5. The predicted molar refractivity (Wildman–Crippen MR) is 134 cm³/mol. The number of carbonyl (C=O) groups excluding carboxylic acids is 1. The van der Waals surface area contributed by atoms with Gasteiger partial charge in [0.25, 0.3) is 0 Å². The maximum atomic E-state index is 12.5. The van der Waals surface area contributed by atoms with Crippen LogP contribution in [-0.4, -0.2) is 121 Å². The molecule has 0 aromatic rings. The predicted octanol–water partition coefficient (Wildman–Crippen LogP) is -0.758. The van der Waals surface area contributed by atoms with Crippen LogP contribution in [0.1, 0.15) is 84.0 Å². The van der Waals surface area contributed by atoms with Crippen LogP contribution in [0.15, 0.2) is 0 Å². The van der Waals surface area contributed by atoms with Crippen molar-refractivity contribution in [2.45, 2.75) is 151 Å². The third kappa shape index (κ3) is 9.33. The molecule has 2 rings (SSSR count). The summed E-state index contributed by atoms with van der Waals surface area (Å²) < 4.78 is 16.1. The number of unbranched alkanes of at least 4 members (excludes halogenated alkanes) is 10. The highest BCUT2D eigenvalue weighted by molar-refractivity contribution is 5.69. The highest BCUT2D eigenvalue weighted by atomic mass is 16.7. The minimum Gasteiger partial charge on any atom is -0.457 e. The Balaban J connectivity index is 1.86. The van der Waals surface area contributed by atoms with Gasteiger partial charge in [0.05, 0.1) is 6.61 Å². The van der Waals surface area contributed by atoms with E-state index in [4.69, 9.17) is 14.2 Å². The maximum Gasteiger partial charge on any atom is 0.306 e. The Labute approximate surface area is 224 Å². The number of rotatable bonds is 16. The average molecular weight is 553 g/mol. The Morgan fingerprint density at radius 2 is 1.11 bits per heavy atom. The molecule has 1 heterocycles. The van der Waals surface area contributed by atoms with Crippen LogP contribution >= 0.6 is 0 Å². The van der Waals surface area contributed by atoms with Crippen LogP contribution in [-0.2, 0) is 19.0 Å². The molecule has 1 saturated carbocycles. The van der Waals surface area contributed by atoms with Gasteiger partial charge in [-0.25, -0.2) is 0 Å². The Bertz CT molecular complexity index is 664. The van der Waals surface area contributed by atoms with E-state index < -0.39 is 79.9 Å². The molecule has 2 fully saturated rings. The summed E-state index contributed by atoms with van der Waals surface area (Å²) in [6, 6.07) is 0. The Morgan fingerprint density at radius 3 is 1.63 bits per heavy atom. The van der Waals surface area contributed by atoms with Crippen molar-refractivity contribution >= 4 is 5.97 Å². The molecule has 0 aromatic carbocycles. The zero-order valence-corrected chi connectivity index (χ0v) is 22.3. The lowest BCUT2D eigenvalue weighted by atomic mass is 9.84. The lowest BCUT2D eigenvalue weighted by Crippen LogP contribution is -2.67. The molecule has 0 spiro atoms. The van der Waals surface area contributed by atoms with E-state index in [2.05, 4.69) is 6.92 Å². The summed E-state index contributed by atoms with van der Waals surface area (Å²) >= 11 is 0. The van der Waals surface area contributed by atoms with Crippen molar-refractivity contribution in [2.24, 2.45) is 0 Å². The first-order valence-corrected chi connectivity index (χ1v) is 14.0. The van der Waals surface area contributed by atoms with Crippen LogP contribution in [0.25, 0.3) is 0 Å². The Morgan fingerprint density at radius 1 is 0.632 bits per heavy atom. The Hall–Kier alpha value is -0.930. The molecular weight excluding hydrogens is 504 g/mol. The van der Waals surface area contributed by atoms with Crippen molar-refractivity contribution in [3.05, 3.63) is 0 Å². The van der Waals surface area contributed by atoms with Crippen molar-refractivity contribution in [3.63, 3.8) is 0 Å². The number of hydrogen-bond acceptors (Lipinski definition) is 12. The van der Waals surface area contributed by atoms with Crippen molar-refractivity contribution in [2.75, 3.05) is 6.61 Å². The molecule has 11 atom stereocenters. The zero-order chi connectivity index (χ0) is 28.2. The van der Waals surface area contributed by atoms with Crippen LogP contribution in [0.2, 0.25) is 0 Å². The van der Waals surface area contributed by atoms with Gasteiger partial charge < -0.3 is 55.1 Å². The fourth-order valence-electron chi connectivity index (χ4n) is 4.96. The van der Waals surface area contributed by atoms with Gasteiger partial charge in [0.15, 0.2) is 12.4 Å². The summed E-state index contributed by atoms with van der Waals surface area (Å²) in [4.78, 5) is 12.5. The van der Waals surface area contributed by atoms with Gasteiger partial charge in [0, 0.05) is 6.42 Å². The van der Waals surface area contributed by atoms with E-state index in [1.54, 1.807) is 0 Å². The van der Waals surface area contributed by atoms with E-state index in [1.807, 2.05) is 0 Å². The van der Waals surface area contributed by atoms with E-state index in [-0.39, 0.29) is 6.42 Å². The van der Waals surface area contributed by atoms with Gasteiger partial charge in [-0.3, -0.25) is 4.79 Å². The monoisotopic (exact) mass is 552 g/mol. The summed E-state index contributed by atoms with van der Waals surface area (Å²) in [7, 11) is 0. The third-order valence-electron chi connectivity index (χ3n) is 7.44. The van der Waals surface area contributed by atoms with Crippen molar-refractivity contribution in [1.82, 2.24) is 0 Å². The molecule has 1 saturated heterocycles. The molecule has 1 aliphatic heterocycles. The van der Waals surface area contributed by atoms with E-state index in [0.717, 1.165) is 25.7 Å². The van der Waals surface area contributed by atoms with Gasteiger partial charge in [-0.05, 0) is 6.42 Å². The average Bonchev–Trinajstić information content (AvgIpc) is 2.91. The quantitative estimate of drug-likeness (QED) is 0.0878. The van der Waals surface area contributed by atoms with Crippen LogP contribution in [0.3, 0.4) is 0 Å². The highest BCUT2D eigenvalue weighted by Gasteiger charge is 2.54. The van der Waals surface area contributed by atoms with Gasteiger partial charge in [-0.15, -0.1) is 0 Å². The first kappa shape index (κ1) is 33.3. The van der Waals surface area contributed by atoms with Crippen LogP contribution in [0.5, 0.6) is 0 Å². The molecule has 224 valence electrons. The number of ether oxygens (including phenoxy) is 3. The fourth-order valence-corrected chi connectivity index (χ4v) is 4.96. The number of aliphatic hydroxyl groups is 8. The summed E-state index contributed by atoms with van der Waals surface area (Å²) in [6.45, 7) is 1.47. The molecule has 2 aliphatic rings. The van der Waals surface area contributed by atoms with Crippen LogP contribution < -0.4 is 0 Å². The molecular formula is C26H48O12. The largest absolute Gasteiger partial charge is 0.457 e. The van der Waals surface area contributed by atoms with Gasteiger partial charge in [0.1, 0.15) is 54.9 Å².